The number of anilines is 1. The zero-order chi connectivity index (χ0) is 26.6. The molecule has 10 nitrogen and oxygen atoms in total. The van der Waals surface area contributed by atoms with Crippen molar-refractivity contribution in [1.82, 2.24) is 4.98 Å². The van der Waals surface area contributed by atoms with Gasteiger partial charge in [-0.2, -0.15) is 0 Å². The molecule has 2 atom stereocenters. The van der Waals surface area contributed by atoms with Gasteiger partial charge in [-0.25, -0.2) is 4.98 Å². The number of nitro groups is 1. The van der Waals surface area contributed by atoms with E-state index in [9.17, 15) is 34.7 Å². The number of nitrogens with zero attached hydrogens (tertiary/aromatic N) is 3. The number of carbonyl (C=O) groups excluding carboxylic acids is 1. The standard InChI is InChI=1S/C27H25N3O7/c31-22-13-14-27(26(34)35,15-20(22)25(32)33)23-12-11-21(30(36)37)24(28-23)29(16-18-7-3-1-4-8-18)17-19-9-5-2-6-10-19/h1-12,20H,13-17H2,(H,32,33)(H,34,35). The lowest BCUT2D eigenvalue weighted by Gasteiger charge is -2.35. The van der Waals surface area contributed by atoms with Crippen molar-refractivity contribution in [2.75, 3.05) is 4.90 Å². The van der Waals surface area contributed by atoms with Crippen LogP contribution in [0.25, 0.3) is 0 Å². The van der Waals surface area contributed by atoms with Crippen LogP contribution in [0.5, 0.6) is 0 Å². The Morgan fingerprint density at radius 1 is 0.973 bits per heavy atom. The second kappa shape index (κ2) is 10.6. The third kappa shape index (κ3) is 5.32. The van der Waals surface area contributed by atoms with Crippen molar-refractivity contribution < 1.29 is 29.5 Å². The normalized spacial score (nSPS) is 19.2. The average Bonchev–Trinajstić information content (AvgIpc) is 2.89. The van der Waals surface area contributed by atoms with Gasteiger partial charge in [-0.3, -0.25) is 24.5 Å². The fourth-order valence-corrected chi connectivity index (χ4v) is 4.73. The summed E-state index contributed by atoms with van der Waals surface area (Å²) < 4.78 is 0. The van der Waals surface area contributed by atoms with Gasteiger partial charge in [0.05, 0.1) is 10.6 Å². The SMILES string of the molecule is O=C(O)C1CC(C(=O)O)(c2ccc([N+](=O)[O-])c(N(Cc3ccccc3)Cc3ccccc3)n2)CCC1=O. The number of pyridine rings is 1. The van der Waals surface area contributed by atoms with Crippen LogP contribution >= 0.6 is 0 Å². The molecule has 2 aromatic carbocycles. The Balaban J connectivity index is 1.85. The first-order chi connectivity index (χ1) is 17.7. The predicted molar refractivity (Wildman–Crippen MR) is 133 cm³/mol. The molecule has 4 rings (SSSR count). The van der Waals surface area contributed by atoms with Crippen LogP contribution in [-0.2, 0) is 32.9 Å². The van der Waals surface area contributed by atoms with E-state index < -0.39 is 40.4 Å². The van der Waals surface area contributed by atoms with Crippen molar-refractivity contribution in [2.24, 2.45) is 5.92 Å². The maximum atomic E-state index is 12.5. The van der Waals surface area contributed by atoms with Gasteiger partial charge in [0.1, 0.15) is 17.1 Å². The summed E-state index contributed by atoms with van der Waals surface area (Å²) in [6.45, 7) is 0.507. The van der Waals surface area contributed by atoms with Gasteiger partial charge in [0.2, 0.25) is 5.82 Å². The molecule has 0 radical (unpaired) electrons. The van der Waals surface area contributed by atoms with Crippen molar-refractivity contribution >= 4 is 29.2 Å². The molecule has 1 aliphatic rings. The molecule has 0 spiro atoms. The number of benzene rings is 2. The third-order valence-electron chi connectivity index (χ3n) is 6.72. The van der Waals surface area contributed by atoms with E-state index in [2.05, 4.69) is 4.98 Å². The summed E-state index contributed by atoms with van der Waals surface area (Å²) in [5.74, 6) is -4.78. The van der Waals surface area contributed by atoms with E-state index in [1.807, 2.05) is 60.7 Å². The lowest BCUT2D eigenvalue weighted by molar-refractivity contribution is -0.384. The molecule has 3 aromatic rings. The van der Waals surface area contributed by atoms with Crippen LogP contribution in [0.2, 0.25) is 0 Å². The van der Waals surface area contributed by atoms with Crippen LogP contribution in [0.4, 0.5) is 11.5 Å². The van der Waals surface area contributed by atoms with Crippen LogP contribution < -0.4 is 4.90 Å². The topological polar surface area (TPSA) is 151 Å². The van der Waals surface area contributed by atoms with Crippen LogP contribution in [-0.4, -0.2) is 37.8 Å². The van der Waals surface area contributed by atoms with Gasteiger partial charge >= 0.3 is 17.6 Å². The molecule has 1 aliphatic carbocycles. The number of rotatable bonds is 9. The number of carboxylic acids is 2. The molecule has 1 aromatic heterocycles. The Morgan fingerprint density at radius 3 is 2.03 bits per heavy atom. The molecule has 1 saturated carbocycles. The summed E-state index contributed by atoms with van der Waals surface area (Å²) in [5, 5.41) is 31.8. The fraction of sp³-hybridized carbons (Fsp3) is 0.259. The lowest BCUT2D eigenvalue weighted by Crippen LogP contribution is -2.46. The molecule has 0 aliphatic heterocycles. The first-order valence-corrected chi connectivity index (χ1v) is 11.7. The van der Waals surface area contributed by atoms with E-state index in [1.165, 1.54) is 12.1 Å². The number of hydrogen-bond acceptors (Lipinski definition) is 7. The number of Topliss-reactive ketones (excluding diaryl/α,β-unsaturated/α-hetero) is 1. The van der Waals surface area contributed by atoms with Gasteiger partial charge in [0.15, 0.2) is 0 Å². The van der Waals surface area contributed by atoms with Gasteiger partial charge in [0, 0.05) is 25.6 Å². The Morgan fingerprint density at radius 2 is 1.54 bits per heavy atom. The summed E-state index contributed by atoms with van der Waals surface area (Å²) >= 11 is 0. The van der Waals surface area contributed by atoms with Crippen molar-refractivity contribution in [3.8, 4) is 0 Å². The Hall–Kier alpha value is -4.60. The Kier molecular flexibility index (Phi) is 7.28. The fourth-order valence-electron chi connectivity index (χ4n) is 4.73. The molecule has 0 bridgehead atoms. The molecular formula is C27H25N3O7. The van der Waals surface area contributed by atoms with Crippen LogP contribution in [0, 0.1) is 16.0 Å². The number of aromatic nitrogens is 1. The van der Waals surface area contributed by atoms with Crippen molar-refractivity contribution in [3.05, 3.63) is 99.7 Å². The number of aliphatic carboxylic acids is 2. The van der Waals surface area contributed by atoms with Crippen molar-refractivity contribution in [1.29, 1.82) is 0 Å². The first-order valence-electron chi connectivity index (χ1n) is 11.7. The first kappa shape index (κ1) is 25.5. The van der Waals surface area contributed by atoms with E-state index in [-0.39, 0.29) is 43.1 Å². The molecule has 1 heterocycles. The van der Waals surface area contributed by atoms with Crippen molar-refractivity contribution in [2.45, 2.75) is 37.8 Å². The summed E-state index contributed by atoms with van der Waals surface area (Å²) in [4.78, 5) is 54.1. The van der Waals surface area contributed by atoms with Gasteiger partial charge in [-0.1, -0.05) is 60.7 Å². The third-order valence-corrected chi connectivity index (χ3v) is 6.72. The molecule has 190 valence electrons. The summed E-state index contributed by atoms with van der Waals surface area (Å²) in [6, 6.07) is 21.0. The molecule has 2 N–H and O–H groups in total. The molecule has 0 saturated heterocycles. The van der Waals surface area contributed by atoms with E-state index in [1.54, 1.807) is 4.90 Å². The summed E-state index contributed by atoms with van der Waals surface area (Å²) in [5.41, 5.74) is -0.362. The second-order valence-electron chi connectivity index (χ2n) is 9.07. The highest BCUT2D eigenvalue weighted by atomic mass is 16.6. The molecule has 0 amide bonds. The number of carboxylic acid groups (broad SMARTS) is 2. The molecule has 10 heteroatoms. The minimum Gasteiger partial charge on any atom is -0.481 e. The van der Waals surface area contributed by atoms with E-state index >= 15 is 0 Å². The van der Waals surface area contributed by atoms with Crippen LogP contribution in [0.1, 0.15) is 36.1 Å². The van der Waals surface area contributed by atoms with E-state index in [0.717, 1.165) is 11.1 Å². The number of hydrogen-bond donors (Lipinski definition) is 2. The van der Waals surface area contributed by atoms with Gasteiger partial charge in [-0.15, -0.1) is 0 Å². The minimum absolute atomic E-state index is 0.00882. The number of carbonyl (C=O) groups is 3. The lowest BCUT2D eigenvalue weighted by atomic mass is 9.67. The molecule has 1 fully saturated rings. The quantitative estimate of drug-likeness (QED) is 0.251. The predicted octanol–water partition coefficient (Wildman–Crippen LogP) is 3.97. The molecule has 37 heavy (non-hydrogen) atoms. The van der Waals surface area contributed by atoms with Crippen LogP contribution in [0.3, 0.4) is 0 Å². The van der Waals surface area contributed by atoms with Crippen molar-refractivity contribution in [3.63, 3.8) is 0 Å². The maximum absolute atomic E-state index is 12.5. The smallest absolute Gasteiger partial charge is 0.315 e. The Labute approximate surface area is 212 Å². The monoisotopic (exact) mass is 503 g/mol. The zero-order valence-electron chi connectivity index (χ0n) is 19.8. The highest BCUT2D eigenvalue weighted by Gasteiger charge is 2.51. The highest BCUT2D eigenvalue weighted by Crippen LogP contribution is 2.42. The minimum atomic E-state index is -1.77. The molecular weight excluding hydrogens is 478 g/mol. The average molecular weight is 504 g/mol. The van der Waals surface area contributed by atoms with Gasteiger partial charge < -0.3 is 15.1 Å². The largest absolute Gasteiger partial charge is 0.481 e. The van der Waals surface area contributed by atoms with Crippen LogP contribution in [0.15, 0.2) is 72.8 Å². The Bertz CT molecular complexity index is 1290. The van der Waals surface area contributed by atoms with E-state index in [0.29, 0.717) is 0 Å². The molecule has 2 unspecified atom stereocenters. The number of ketones is 1. The van der Waals surface area contributed by atoms with Gasteiger partial charge in [0.25, 0.3) is 0 Å². The zero-order valence-corrected chi connectivity index (χ0v) is 19.8. The second-order valence-corrected chi connectivity index (χ2v) is 9.07. The summed E-state index contributed by atoms with van der Waals surface area (Å²) in [7, 11) is 0. The van der Waals surface area contributed by atoms with Gasteiger partial charge in [-0.05, 0) is 30.0 Å². The van der Waals surface area contributed by atoms with E-state index in [4.69, 9.17) is 0 Å². The summed E-state index contributed by atoms with van der Waals surface area (Å²) in [6.07, 6.45) is -0.861. The highest BCUT2D eigenvalue weighted by molar-refractivity contribution is 6.01. The maximum Gasteiger partial charge on any atom is 0.315 e.